The molecule has 11 heteroatoms. The number of aryl methyl sites for hydroxylation is 1. The first kappa shape index (κ1) is 29.2. The fourth-order valence-corrected chi connectivity index (χ4v) is 6.65. The zero-order valence-corrected chi connectivity index (χ0v) is 24.5. The number of nitrogens with one attached hydrogen (secondary N) is 2. The van der Waals surface area contributed by atoms with Crippen molar-refractivity contribution in [2.24, 2.45) is 13.0 Å². The Morgan fingerprint density at radius 2 is 1.68 bits per heavy atom. The number of benzene rings is 1. The molecule has 11 nitrogen and oxygen atoms in total. The van der Waals surface area contributed by atoms with Gasteiger partial charge >= 0.3 is 11.8 Å². The monoisotopic (exact) mass is 569 g/mol. The van der Waals surface area contributed by atoms with Crippen LogP contribution in [0.15, 0.2) is 23.0 Å². The smallest absolute Gasteiger partial charge is 0.407 e. The van der Waals surface area contributed by atoms with Crippen molar-refractivity contribution in [3.63, 3.8) is 0 Å². The van der Waals surface area contributed by atoms with Crippen LogP contribution in [0.25, 0.3) is 11.0 Å². The number of imidazole rings is 1. The Labute approximate surface area is 240 Å². The van der Waals surface area contributed by atoms with Gasteiger partial charge in [-0.25, -0.2) is 9.59 Å². The second-order valence-electron chi connectivity index (χ2n) is 12.9. The molecule has 3 amide bonds. The second kappa shape index (κ2) is 11.5. The molecule has 1 aromatic heterocycles. The Morgan fingerprint density at radius 3 is 2.32 bits per heavy atom. The molecule has 3 N–H and O–H groups in total. The Kier molecular flexibility index (Phi) is 8.18. The largest absolute Gasteiger partial charge is 0.444 e. The van der Waals surface area contributed by atoms with E-state index in [2.05, 4.69) is 16.7 Å². The summed E-state index contributed by atoms with van der Waals surface area (Å²) in [5.41, 5.74) is 1.94. The molecule has 0 bridgehead atoms. The Morgan fingerprint density at radius 1 is 1.00 bits per heavy atom. The van der Waals surface area contributed by atoms with E-state index in [1.54, 1.807) is 16.2 Å². The van der Waals surface area contributed by atoms with Gasteiger partial charge in [0.1, 0.15) is 11.8 Å². The average Bonchev–Trinajstić information content (AvgIpc) is 3.17. The summed E-state index contributed by atoms with van der Waals surface area (Å²) >= 11 is 0. The summed E-state index contributed by atoms with van der Waals surface area (Å²) in [6, 6.07) is 5.58. The third kappa shape index (κ3) is 6.29. The number of aliphatic hydroxyl groups is 1. The van der Waals surface area contributed by atoms with Crippen LogP contribution in [-0.4, -0.2) is 68.0 Å². The first-order chi connectivity index (χ1) is 19.4. The van der Waals surface area contributed by atoms with Gasteiger partial charge in [0.05, 0.1) is 17.1 Å². The van der Waals surface area contributed by atoms with Crippen molar-refractivity contribution in [1.82, 2.24) is 24.7 Å². The van der Waals surface area contributed by atoms with Crippen LogP contribution in [0.3, 0.4) is 0 Å². The Balaban J connectivity index is 1.17. The lowest BCUT2D eigenvalue weighted by atomic mass is 9.84. The summed E-state index contributed by atoms with van der Waals surface area (Å²) in [4.78, 5) is 52.2. The molecular weight excluding hydrogens is 526 g/mol. The molecule has 2 saturated heterocycles. The SMILES string of the molecule is Cn1c(=O)n(C2CCC(=O)NC2O)c2ccc(C3CCN(C(=O)C4CCC(NC(=O)OC(C)(C)C)CC4)CC3)cc21. The fraction of sp³-hybridized carbons (Fsp3) is 0.667. The minimum absolute atomic E-state index is 0.00574. The standard InChI is InChI=1S/C30H43N5O6/c1-30(2,3)41-28(39)31-21-8-5-19(6-9-21)27(38)34-15-13-18(14-16-34)20-7-10-22-24(17-20)33(4)29(40)35(22)23-11-12-25(36)32-26(23)37/h7,10,17-19,21,23,26,37H,5-6,8-9,11-16H2,1-4H3,(H,31,39)(H,32,36). The van der Waals surface area contributed by atoms with E-state index in [0.717, 1.165) is 55.1 Å². The van der Waals surface area contributed by atoms with E-state index in [9.17, 15) is 24.3 Å². The molecule has 3 aliphatic rings. The normalized spacial score (nSPS) is 26.1. The molecule has 5 rings (SSSR count). The van der Waals surface area contributed by atoms with E-state index in [-0.39, 0.29) is 41.8 Å². The molecule has 0 radical (unpaired) electrons. The minimum atomic E-state index is -1.10. The number of hydrogen-bond acceptors (Lipinski definition) is 6. The van der Waals surface area contributed by atoms with Crippen molar-refractivity contribution >= 4 is 28.9 Å². The molecule has 2 aromatic rings. The van der Waals surface area contributed by atoms with E-state index >= 15 is 0 Å². The van der Waals surface area contributed by atoms with Crippen LogP contribution in [-0.2, 0) is 21.4 Å². The summed E-state index contributed by atoms with van der Waals surface area (Å²) in [5, 5.41) is 15.9. The van der Waals surface area contributed by atoms with E-state index < -0.39 is 24.0 Å². The summed E-state index contributed by atoms with van der Waals surface area (Å²) in [6.07, 6.45) is 3.96. The molecule has 3 fully saturated rings. The Hall–Kier alpha value is -3.34. The molecule has 1 saturated carbocycles. The van der Waals surface area contributed by atoms with Gasteiger partial charge in [-0.05, 0) is 89.3 Å². The predicted molar refractivity (Wildman–Crippen MR) is 153 cm³/mol. The zero-order valence-electron chi connectivity index (χ0n) is 24.5. The number of fused-ring (bicyclic) bond motifs is 1. The Bertz CT molecular complexity index is 1360. The van der Waals surface area contributed by atoms with Crippen molar-refractivity contribution in [1.29, 1.82) is 0 Å². The van der Waals surface area contributed by atoms with Crippen LogP contribution in [0.5, 0.6) is 0 Å². The van der Waals surface area contributed by atoms with Crippen LogP contribution in [0.2, 0.25) is 0 Å². The van der Waals surface area contributed by atoms with Crippen molar-refractivity contribution in [3.8, 4) is 0 Å². The van der Waals surface area contributed by atoms with Gasteiger partial charge in [0.25, 0.3) is 0 Å². The highest BCUT2D eigenvalue weighted by molar-refractivity contribution is 5.80. The second-order valence-corrected chi connectivity index (χ2v) is 12.9. The van der Waals surface area contributed by atoms with Gasteiger partial charge in [-0.1, -0.05) is 6.07 Å². The molecule has 1 aromatic carbocycles. The summed E-state index contributed by atoms with van der Waals surface area (Å²) in [5.74, 6) is 0.285. The van der Waals surface area contributed by atoms with Gasteiger partial charge in [0.15, 0.2) is 0 Å². The van der Waals surface area contributed by atoms with Crippen molar-refractivity contribution in [3.05, 3.63) is 34.2 Å². The van der Waals surface area contributed by atoms with Gasteiger partial charge < -0.3 is 25.4 Å². The number of aromatic nitrogens is 2. The lowest BCUT2D eigenvalue weighted by Crippen LogP contribution is -2.47. The van der Waals surface area contributed by atoms with Gasteiger partial charge in [-0.3, -0.25) is 18.7 Å². The van der Waals surface area contributed by atoms with Gasteiger partial charge in [0.2, 0.25) is 11.8 Å². The number of piperidine rings is 2. The maximum Gasteiger partial charge on any atom is 0.407 e. The fourth-order valence-electron chi connectivity index (χ4n) is 6.65. The lowest BCUT2D eigenvalue weighted by molar-refractivity contribution is -0.137. The molecule has 2 unspecified atom stereocenters. The summed E-state index contributed by atoms with van der Waals surface area (Å²) in [7, 11) is 1.73. The van der Waals surface area contributed by atoms with Crippen molar-refractivity contribution < 1.29 is 24.2 Å². The topological polar surface area (TPSA) is 135 Å². The van der Waals surface area contributed by atoms with E-state index in [4.69, 9.17) is 4.74 Å². The summed E-state index contributed by atoms with van der Waals surface area (Å²) < 4.78 is 8.57. The maximum atomic E-state index is 13.3. The molecule has 41 heavy (non-hydrogen) atoms. The number of ether oxygens (including phenoxy) is 1. The molecule has 224 valence electrons. The number of carbonyl (C=O) groups is 3. The van der Waals surface area contributed by atoms with Gasteiger partial charge in [-0.15, -0.1) is 0 Å². The number of alkyl carbamates (subject to hydrolysis) is 1. The van der Waals surface area contributed by atoms with E-state index in [1.165, 1.54) is 0 Å². The quantitative estimate of drug-likeness (QED) is 0.518. The zero-order chi connectivity index (χ0) is 29.5. The van der Waals surface area contributed by atoms with Crippen LogP contribution in [0.4, 0.5) is 4.79 Å². The van der Waals surface area contributed by atoms with Gasteiger partial charge in [0, 0.05) is 38.5 Å². The number of likely N-dealkylation sites (tertiary alicyclic amines) is 1. The first-order valence-electron chi connectivity index (χ1n) is 14.9. The molecule has 3 heterocycles. The van der Waals surface area contributed by atoms with Crippen LogP contribution < -0.4 is 16.3 Å². The van der Waals surface area contributed by atoms with Crippen LogP contribution in [0, 0.1) is 5.92 Å². The maximum absolute atomic E-state index is 13.3. The van der Waals surface area contributed by atoms with E-state index in [1.807, 2.05) is 37.8 Å². The highest BCUT2D eigenvalue weighted by atomic mass is 16.6. The number of amides is 3. The van der Waals surface area contributed by atoms with Crippen LogP contribution in [0.1, 0.15) is 89.7 Å². The molecular formula is C30H43N5O6. The minimum Gasteiger partial charge on any atom is -0.444 e. The molecule has 0 spiro atoms. The third-order valence-corrected chi connectivity index (χ3v) is 8.86. The highest BCUT2D eigenvalue weighted by Crippen LogP contribution is 2.34. The molecule has 2 atom stereocenters. The summed E-state index contributed by atoms with van der Waals surface area (Å²) in [6.45, 7) is 6.93. The van der Waals surface area contributed by atoms with Crippen LogP contribution >= 0.6 is 0 Å². The van der Waals surface area contributed by atoms with Crippen molar-refractivity contribution in [2.45, 2.75) is 102 Å². The number of carbonyl (C=O) groups excluding carboxylic acids is 3. The number of nitrogens with zero attached hydrogens (tertiary/aromatic N) is 3. The number of aliphatic hydroxyl groups excluding tert-OH is 1. The predicted octanol–water partition coefficient (Wildman–Crippen LogP) is 2.90. The van der Waals surface area contributed by atoms with Gasteiger partial charge in [-0.2, -0.15) is 0 Å². The van der Waals surface area contributed by atoms with E-state index in [0.29, 0.717) is 19.5 Å². The van der Waals surface area contributed by atoms with Crippen molar-refractivity contribution in [2.75, 3.05) is 13.1 Å². The number of rotatable bonds is 4. The first-order valence-corrected chi connectivity index (χ1v) is 14.9. The highest BCUT2D eigenvalue weighted by Gasteiger charge is 2.34. The lowest BCUT2D eigenvalue weighted by Gasteiger charge is -2.36. The average molecular weight is 570 g/mol. The molecule has 2 aliphatic heterocycles. The third-order valence-electron chi connectivity index (χ3n) is 8.86. The molecule has 1 aliphatic carbocycles. The number of hydrogen-bond donors (Lipinski definition) is 3.